The lowest BCUT2D eigenvalue weighted by Gasteiger charge is -2.18. The second-order valence-corrected chi connectivity index (χ2v) is 9.05. The summed E-state index contributed by atoms with van der Waals surface area (Å²) in [6.45, 7) is 5.91. The molecule has 1 saturated heterocycles. The van der Waals surface area contributed by atoms with Gasteiger partial charge in [0.2, 0.25) is 5.91 Å². The molecule has 168 valence electrons. The van der Waals surface area contributed by atoms with Crippen molar-refractivity contribution in [2.45, 2.75) is 32.7 Å². The van der Waals surface area contributed by atoms with Crippen molar-refractivity contribution < 1.29 is 9.53 Å². The lowest BCUT2D eigenvalue weighted by atomic mass is 10.1. The lowest BCUT2D eigenvalue weighted by Crippen LogP contribution is -2.24. The number of hydrogen-bond donors (Lipinski definition) is 0. The van der Waals surface area contributed by atoms with Crippen LogP contribution < -0.4 is 9.64 Å². The molecule has 2 heterocycles. The zero-order valence-corrected chi connectivity index (χ0v) is 19.5. The molecule has 5 rings (SSSR count). The third-order valence-electron chi connectivity index (χ3n) is 6.23. The number of benzene rings is 3. The highest BCUT2D eigenvalue weighted by Crippen LogP contribution is 2.33. The summed E-state index contributed by atoms with van der Waals surface area (Å²) in [5.41, 5.74) is 5.17. The monoisotopic (exact) mass is 459 g/mol. The van der Waals surface area contributed by atoms with Gasteiger partial charge in [0.1, 0.15) is 18.2 Å². The number of aromatic nitrogens is 2. The SMILES string of the molecule is Cc1ccc(C)c(OCCn2c([C@H]3CC(=O)N(c4ccc(Cl)cc4)C3)nc3ccccc32)c1. The van der Waals surface area contributed by atoms with E-state index in [1.807, 2.05) is 47.4 Å². The molecule has 3 aromatic carbocycles. The first-order chi connectivity index (χ1) is 16.0. The van der Waals surface area contributed by atoms with E-state index in [4.69, 9.17) is 21.3 Å². The van der Waals surface area contributed by atoms with Gasteiger partial charge in [-0.15, -0.1) is 0 Å². The van der Waals surface area contributed by atoms with E-state index in [9.17, 15) is 4.79 Å². The summed E-state index contributed by atoms with van der Waals surface area (Å²) in [7, 11) is 0. The van der Waals surface area contributed by atoms with E-state index in [1.54, 1.807) is 0 Å². The van der Waals surface area contributed by atoms with Gasteiger partial charge in [0.15, 0.2) is 0 Å². The van der Waals surface area contributed by atoms with Crippen molar-refractivity contribution in [2.24, 2.45) is 0 Å². The number of halogens is 1. The average Bonchev–Trinajstić information content (AvgIpc) is 3.37. The Morgan fingerprint density at radius 1 is 1.06 bits per heavy atom. The maximum Gasteiger partial charge on any atom is 0.227 e. The van der Waals surface area contributed by atoms with Crippen molar-refractivity contribution in [3.63, 3.8) is 0 Å². The molecule has 0 spiro atoms. The first-order valence-corrected chi connectivity index (χ1v) is 11.6. The van der Waals surface area contributed by atoms with Crippen molar-refractivity contribution in [1.29, 1.82) is 0 Å². The van der Waals surface area contributed by atoms with Crippen LogP contribution in [0.3, 0.4) is 0 Å². The molecule has 0 aliphatic carbocycles. The topological polar surface area (TPSA) is 47.4 Å². The van der Waals surface area contributed by atoms with E-state index in [-0.39, 0.29) is 11.8 Å². The van der Waals surface area contributed by atoms with Crippen LogP contribution in [0.1, 0.15) is 29.3 Å². The number of hydrogen-bond acceptors (Lipinski definition) is 3. The van der Waals surface area contributed by atoms with Gasteiger partial charge in [-0.2, -0.15) is 0 Å². The highest BCUT2D eigenvalue weighted by atomic mass is 35.5. The summed E-state index contributed by atoms with van der Waals surface area (Å²) < 4.78 is 8.35. The van der Waals surface area contributed by atoms with Gasteiger partial charge in [-0.05, 0) is 67.4 Å². The molecule has 0 unspecified atom stereocenters. The second kappa shape index (κ2) is 8.91. The first-order valence-electron chi connectivity index (χ1n) is 11.2. The Labute approximate surface area is 198 Å². The van der Waals surface area contributed by atoms with E-state index in [0.29, 0.717) is 31.1 Å². The molecule has 0 radical (unpaired) electrons. The Kier molecular flexibility index (Phi) is 5.81. The molecule has 1 aromatic heterocycles. The molecule has 0 N–H and O–H groups in total. The summed E-state index contributed by atoms with van der Waals surface area (Å²) in [5.74, 6) is 1.96. The van der Waals surface area contributed by atoms with Gasteiger partial charge in [-0.1, -0.05) is 35.9 Å². The van der Waals surface area contributed by atoms with E-state index in [0.717, 1.165) is 33.9 Å². The number of fused-ring (bicyclic) bond motifs is 1. The van der Waals surface area contributed by atoms with Crippen LogP contribution >= 0.6 is 11.6 Å². The Morgan fingerprint density at radius 3 is 2.67 bits per heavy atom. The van der Waals surface area contributed by atoms with Gasteiger partial charge in [0.25, 0.3) is 0 Å². The molecule has 6 heteroatoms. The molecule has 1 fully saturated rings. The largest absolute Gasteiger partial charge is 0.491 e. The average molecular weight is 460 g/mol. The van der Waals surface area contributed by atoms with Crippen molar-refractivity contribution in [3.8, 4) is 5.75 Å². The van der Waals surface area contributed by atoms with Crippen LogP contribution in [0.25, 0.3) is 11.0 Å². The minimum atomic E-state index is 0.0151. The Morgan fingerprint density at radius 2 is 1.85 bits per heavy atom. The highest BCUT2D eigenvalue weighted by molar-refractivity contribution is 6.30. The standard InChI is InChI=1S/C27H26ClN3O2/c1-18-7-8-19(2)25(15-18)33-14-13-30-24-6-4-3-5-23(24)29-27(30)20-16-26(32)31(17-20)22-11-9-21(28)10-12-22/h3-12,15,20H,13-14,16-17H2,1-2H3/t20-/m0/s1. The molecular weight excluding hydrogens is 434 g/mol. The van der Waals surface area contributed by atoms with Gasteiger partial charge in [-0.3, -0.25) is 4.79 Å². The smallest absolute Gasteiger partial charge is 0.227 e. The summed E-state index contributed by atoms with van der Waals surface area (Å²) in [5, 5.41) is 0.660. The van der Waals surface area contributed by atoms with Crippen molar-refractivity contribution >= 4 is 34.2 Å². The molecule has 1 aliphatic heterocycles. The van der Waals surface area contributed by atoms with E-state index in [2.05, 4.69) is 42.7 Å². The fourth-order valence-electron chi connectivity index (χ4n) is 4.50. The predicted octanol–water partition coefficient (Wildman–Crippen LogP) is 5.91. The minimum Gasteiger partial charge on any atom is -0.491 e. The molecule has 1 aliphatic rings. The first kappa shape index (κ1) is 21.5. The van der Waals surface area contributed by atoms with Crippen LogP contribution in [-0.2, 0) is 11.3 Å². The second-order valence-electron chi connectivity index (χ2n) is 8.61. The van der Waals surface area contributed by atoms with Crippen LogP contribution in [-0.4, -0.2) is 28.6 Å². The predicted molar refractivity (Wildman–Crippen MR) is 132 cm³/mol. The number of ether oxygens (including phenoxy) is 1. The number of imidazole rings is 1. The highest BCUT2D eigenvalue weighted by Gasteiger charge is 2.34. The van der Waals surface area contributed by atoms with E-state index >= 15 is 0 Å². The number of nitrogens with zero attached hydrogens (tertiary/aromatic N) is 3. The molecule has 0 bridgehead atoms. The Bertz CT molecular complexity index is 1310. The minimum absolute atomic E-state index is 0.0151. The third-order valence-corrected chi connectivity index (χ3v) is 6.48. The zero-order chi connectivity index (χ0) is 22.9. The summed E-state index contributed by atoms with van der Waals surface area (Å²) in [6, 6.07) is 21.8. The van der Waals surface area contributed by atoms with Crippen LogP contribution in [0, 0.1) is 13.8 Å². The van der Waals surface area contributed by atoms with Gasteiger partial charge in [-0.25, -0.2) is 4.98 Å². The quantitative estimate of drug-likeness (QED) is 0.360. The van der Waals surface area contributed by atoms with E-state index < -0.39 is 0 Å². The van der Waals surface area contributed by atoms with Crippen LogP contribution in [0.5, 0.6) is 5.75 Å². The number of carbonyl (C=O) groups excluding carboxylic acids is 1. The number of amides is 1. The number of carbonyl (C=O) groups is 1. The fraction of sp³-hybridized carbons (Fsp3) is 0.259. The molecule has 0 saturated carbocycles. The van der Waals surface area contributed by atoms with Crippen molar-refractivity contribution in [1.82, 2.24) is 9.55 Å². The van der Waals surface area contributed by atoms with Gasteiger partial charge >= 0.3 is 0 Å². The molecule has 4 aromatic rings. The zero-order valence-electron chi connectivity index (χ0n) is 18.8. The lowest BCUT2D eigenvalue weighted by molar-refractivity contribution is -0.117. The molecule has 1 amide bonds. The van der Waals surface area contributed by atoms with Crippen LogP contribution in [0.15, 0.2) is 66.7 Å². The number of anilines is 1. The summed E-state index contributed by atoms with van der Waals surface area (Å²) in [6.07, 6.45) is 0.434. The van der Waals surface area contributed by atoms with Crippen LogP contribution in [0.4, 0.5) is 5.69 Å². The fourth-order valence-corrected chi connectivity index (χ4v) is 4.63. The van der Waals surface area contributed by atoms with E-state index in [1.165, 1.54) is 5.56 Å². The summed E-state index contributed by atoms with van der Waals surface area (Å²) >= 11 is 6.03. The summed E-state index contributed by atoms with van der Waals surface area (Å²) in [4.78, 5) is 19.6. The number of para-hydroxylation sites is 2. The Hall–Kier alpha value is -3.31. The maximum atomic E-state index is 12.9. The molecular formula is C27H26ClN3O2. The molecule has 33 heavy (non-hydrogen) atoms. The van der Waals surface area contributed by atoms with Gasteiger partial charge in [0.05, 0.1) is 17.6 Å². The Balaban J connectivity index is 1.40. The third kappa shape index (κ3) is 4.33. The normalized spacial score (nSPS) is 16.0. The van der Waals surface area contributed by atoms with Gasteiger partial charge < -0.3 is 14.2 Å². The van der Waals surface area contributed by atoms with Crippen molar-refractivity contribution in [2.75, 3.05) is 18.1 Å². The molecule has 5 nitrogen and oxygen atoms in total. The maximum absolute atomic E-state index is 12.9. The van der Waals surface area contributed by atoms with Gasteiger partial charge in [0, 0.05) is 29.6 Å². The number of aryl methyl sites for hydroxylation is 2. The van der Waals surface area contributed by atoms with Crippen LogP contribution in [0.2, 0.25) is 5.02 Å². The van der Waals surface area contributed by atoms with Crippen molar-refractivity contribution in [3.05, 3.63) is 88.7 Å². The number of rotatable bonds is 6. The molecule has 1 atom stereocenters.